The molecule has 0 saturated heterocycles. The normalized spacial score (nSPS) is 21.3. The van der Waals surface area contributed by atoms with Crippen LogP contribution in [0, 0.1) is 17.2 Å². The average Bonchev–Trinajstić information content (AvgIpc) is 3.08. The molecule has 26 heavy (non-hydrogen) atoms. The van der Waals surface area contributed by atoms with Crippen LogP contribution in [0.4, 0.5) is 28.9 Å². The lowest BCUT2D eigenvalue weighted by atomic mass is 10.0. The van der Waals surface area contributed by atoms with Crippen molar-refractivity contribution < 1.29 is 22.3 Å². The Bertz CT molecular complexity index is 787. The summed E-state index contributed by atoms with van der Waals surface area (Å²) in [6, 6.07) is 10.6. The molecule has 0 aliphatic heterocycles. The highest BCUT2D eigenvalue weighted by atomic mass is 19.4. The molecule has 0 amide bonds. The van der Waals surface area contributed by atoms with Crippen LogP contribution < -0.4 is 15.8 Å². The molecule has 0 heterocycles. The van der Waals surface area contributed by atoms with Gasteiger partial charge in [0.1, 0.15) is 11.6 Å². The Hall–Kier alpha value is -2.44. The maximum absolute atomic E-state index is 13.9. The molecule has 0 bridgehead atoms. The van der Waals surface area contributed by atoms with Gasteiger partial charge in [-0.05, 0) is 47.1 Å². The van der Waals surface area contributed by atoms with Crippen molar-refractivity contribution in [3.8, 4) is 5.75 Å². The van der Waals surface area contributed by atoms with Gasteiger partial charge in [0.25, 0.3) is 0 Å². The zero-order chi connectivity index (χ0) is 19.1. The SMILES string of the molecule is CC1(C)C(CNc2cc(OC(F)(F)F)ccc2F)[C@@H]1c1ccc(N)cc1. The fraction of sp³-hybridized carbons (Fsp3) is 0.368. The molecule has 2 atom stereocenters. The first-order valence-electron chi connectivity index (χ1n) is 8.22. The predicted molar refractivity (Wildman–Crippen MR) is 92.4 cm³/mol. The van der Waals surface area contributed by atoms with E-state index < -0.39 is 17.9 Å². The van der Waals surface area contributed by atoms with Gasteiger partial charge in [-0.2, -0.15) is 0 Å². The Labute approximate surface area is 149 Å². The zero-order valence-electron chi connectivity index (χ0n) is 14.4. The van der Waals surface area contributed by atoms with Crippen LogP contribution >= 0.6 is 0 Å². The van der Waals surface area contributed by atoms with Gasteiger partial charge in [-0.25, -0.2) is 4.39 Å². The number of ether oxygens (including phenoxy) is 1. The minimum Gasteiger partial charge on any atom is -0.406 e. The minimum atomic E-state index is -4.81. The number of hydrogen-bond acceptors (Lipinski definition) is 3. The van der Waals surface area contributed by atoms with E-state index in [9.17, 15) is 17.6 Å². The third-order valence-electron chi connectivity index (χ3n) is 5.03. The highest BCUT2D eigenvalue weighted by molar-refractivity contribution is 5.50. The number of hydrogen-bond donors (Lipinski definition) is 2. The Kier molecular flexibility index (Phi) is 4.50. The van der Waals surface area contributed by atoms with E-state index in [0.717, 1.165) is 23.8 Å². The molecule has 3 rings (SSSR count). The van der Waals surface area contributed by atoms with E-state index in [0.29, 0.717) is 12.2 Å². The number of nitrogen functional groups attached to an aromatic ring is 1. The van der Waals surface area contributed by atoms with Crippen LogP contribution in [-0.2, 0) is 0 Å². The van der Waals surface area contributed by atoms with Crippen molar-refractivity contribution in [3.05, 3.63) is 53.8 Å². The number of nitrogens with two attached hydrogens (primary N) is 1. The van der Waals surface area contributed by atoms with E-state index in [1.165, 1.54) is 0 Å². The van der Waals surface area contributed by atoms with Crippen molar-refractivity contribution in [1.29, 1.82) is 0 Å². The highest BCUT2D eigenvalue weighted by Gasteiger charge is 2.57. The molecule has 1 saturated carbocycles. The summed E-state index contributed by atoms with van der Waals surface area (Å²) in [5.74, 6) is -0.584. The lowest BCUT2D eigenvalue weighted by Crippen LogP contribution is -2.17. The second-order valence-corrected chi connectivity index (χ2v) is 7.14. The number of benzene rings is 2. The maximum Gasteiger partial charge on any atom is 0.573 e. The molecule has 1 unspecified atom stereocenters. The zero-order valence-corrected chi connectivity index (χ0v) is 14.4. The van der Waals surface area contributed by atoms with Crippen molar-refractivity contribution in [3.63, 3.8) is 0 Å². The Morgan fingerprint density at radius 1 is 1.12 bits per heavy atom. The Morgan fingerprint density at radius 2 is 1.77 bits per heavy atom. The summed E-state index contributed by atoms with van der Waals surface area (Å²) >= 11 is 0. The van der Waals surface area contributed by atoms with E-state index in [1.807, 2.05) is 24.3 Å². The smallest absolute Gasteiger partial charge is 0.406 e. The molecular formula is C19H20F4N2O. The Balaban J connectivity index is 1.69. The maximum atomic E-state index is 13.9. The summed E-state index contributed by atoms with van der Waals surface area (Å²) in [4.78, 5) is 0. The van der Waals surface area contributed by atoms with Crippen molar-refractivity contribution in [2.45, 2.75) is 26.1 Å². The van der Waals surface area contributed by atoms with Crippen molar-refractivity contribution >= 4 is 11.4 Å². The van der Waals surface area contributed by atoms with Gasteiger partial charge in [0.05, 0.1) is 5.69 Å². The molecule has 7 heteroatoms. The van der Waals surface area contributed by atoms with Crippen LogP contribution in [0.3, 0.4) is 0 Å². The van der Waals surface area contributed by atoms with E-state index >= 15 is 0 Å². The number of alkyl halides is 3. The monoisotopic (exact) mass is 368 g/mol. The fourth-order valence-corrected chi connectivity index (χ4v) is 3.55. The standard InChI is InChI=1S/C19H20F4N2O/c1-18(2)14(17(18)11-3-5-12(24)6-4-11)10-25-16-9-13(7-8-15(16)20)26-19(21,22)23/h3-9,14,17,25H,10,24H2,1-2H3/t14?,17-/m0/s1. The molecule has 0 radical (unpaired) electrons. The lowest BCUT2D eigenvalue weighted by molar-refractivity contribution is -0.274. The third-order valence-corrected chi connectivity index (χ3v) is 5.03. The predicted octanol–water partition coefficient (Wildman–Crippen LogP) is 5.16. The molecule has 0 aromatic heterocycles. The molecule has 2 aromatic rings. The second-order valence-electron chi connectivity index (χ2n) is 7.14. The highest BCUT2D eigenvalue weighted by Crippen LogP contribution is 2.64. The molecule has 1 aliphatic carbocycles. The van der Waals surface area contributed by atoms with Gasteiger partial charge in [-0.15, -0.1) is 13.2 Å². The van der Waals surface area contributed by atoms with Crippen molar-refractivity contribution in [2.24, 2.45) is 11.3 Å². The van der Waals surface area contributed by atoms with Crippen molar-refractivity contribution in [2.75, 3.05) is 17.6 Å². The van der Waals surface area contributed by atoms with Crippen LogP contribution in [-0.4, -0.2) is 12.9 Å². The number of halogens is 4. The van der Waals surface area contributed by atoms with Gasteiger partial charge in [0.15, 0.2) is 0 Å². The van der Waals surface area contributed by atoms with Gasteiger partial charge in [-0.3, -0.25) is 0 Å². The average molecular weight is 368 g/mol. The van der Waals surface area contributed by atoms with Crippen LogP contribution in [0.2, 0.25) is 0 Å². The van der Waals surface area contributed by atoms with Gasteiger partial charge in [0.2, 0.25) is 0 Å². The molecule has 0 spiro atoms. The summed E-state index contributed by atoms with van der Waals surface area (Å²) < 4.78 is 54.7. The van der Waals surface area contributed by atoms with Gasteiger partial charge < -0.3 is 15.8 Å². The van der Waals surface area contributed by atoms with Crippen LogP contribution in [0.5, 0.6) is 5.75 Å². The van der Waals surface area contributed by atoms with E-state index in [2.05, 4.69) is 23.9 Å². The lowest BCUT2D eigenvalue weighted by Gasteiger charge is -2.12. The second kappa shape index (κ2) is 6.37. The minimum absolute atomic E-state index is 0.000326. The quantitative estimate of drug-likeness (QED) is 0.566. The van der Waals surface area contributed by atoms with Crippen LogP contribution in [0.1, 0.15) is 25.3 Å². The summed E-state index contributed by atoms with van der Waals surface area (Å²) in [6.07, 6.45) is -4.81. The van der Waals surface area contributed by atoms with Gasteiger partial charge in [0, 0.05) is 18.3 Å². The third kappa shape index (κ3) is 3.86. The molecule has 1 aliphatic rings. The number of nitrogens with one attached hydrogen (secondary N) is 1. The number of anilines is 2. The first-order chi connectivity index (χ1) is 12.1. The van der Waals surface area contributed by atoms with Crippen molar-refractivity contribution in [1.82, 2.24) is 0 Å². The summed E-state index contributed by atoms with van der Waals surface area (Å²) in [6.45, 7) is 4.66. The summed E-state index contributed by atoms with van der Waals surface area (Å²) in [5.41, 5.74) is 7.53. The molecular weight excluding hydrogens is 348 g/mol. The van der Waals surface area contributed by atoms with Gasteiger partial charge in [-0.1, -0.05) is 26.0 Å². The molecule has 3 N–H and O–H groups in total. The van der Waals surface area contributed by atoms with E-state index in [1.54, 1.807) is 0 Å². The number of rotatable bonds is 5. The first kappa shape index (κ1) is 18.4. The first-order valence-corrected chi connectivity index (χ1v) is 8.22. The van der Waals surface area contributed by atoms with E-state index in [4.69, 9.17) is 5.73 Å². The van der Waals surface area contributed by atoms with Gasteiger partial charge >= 0.3 is 6.36 Å². The van der Waals surface area contributed by atoms with E-state index in [-0.39, 0.29) is 22.9 Å². The molecule has 140 valence electrons. The van der Waals surface area contributed by atoms with Crippen LogP contribution in [0.25, 0.3) is 0 Å². The largest absolute Gasteiger partial charge is 0.573 e. The Morgan fingerprint density at radius 3 is 2.38 bits per heavy atom. The molecule has 1 fully saturated rings. The molecule has 3 nitrogen and oxygen atoms in total. The van der Waals surface area contributed by atoms with Crippen LogP contribution in [0.15, 0.2) is 42.5 Å². The summed E-state index contributed by atoms with van der Waals surface area (Å²) in [5, 5.41) is 2.92. The topological polar surface area (TPSA) is 47.3 Å². The summed E-state index contributed by atoms with van der Waals surface area (Å²) in [7, 11) is 0. The molecule has 2 aromatic carbocycles. The fourth-order valence-electron chi connectivity index (χ4n) is 3.55.